The lowest BCUT2D eigenvalue weighted by molar-refractivity contribution is 0.162. The van der Waals surface area contributed by atoms with Crippen molar-refractivity contribution < 1.29 is 9.47 Å². The Labute approximate surface area is 630 Å². The van der Waals surface area contributed by atoms with E-state index < -0.39 is 0 Å². The zero-order valence-electron chi connectivity index (χ0n) is 61.1. The molecule has 3 aliphatic heterocycles. The van der Waals surface area contributed by atoms with E-state index in [0.29, 0.717) is 35.9 Å². The van der Waals surface area contributed by atoms with Crippen molar-refractivity contribution in [2.24, 2.45) is 28.2 Å². The third-order valence-corrected chi connectivity index (χ3v) is 19.7. The summed E-state index contributed by atoms with van der Waals surface area (Å²) in [5, 5.41) is 40.0. The van der Waals surface area contributed by atoms with Crippen LogP contribution in [0.15, 0.2) is 196 Å². The van der Waals surface area contributed by atoms with E-state index in [1.54, 1.807) is 54.9 Å². The van der Waals surface area contributed by atoms with Gasteiger partial charge >= 0.3 is 0 Å². The summed E-state index contributed by atoms with van der Waals surface area (Å²) in [5.41, 5.74) is 14.7. The van der Waals surface area contributed by atoms with Gasteiger partial charge in [0, 0.05) is 204 Å². The van der Waals surface area contributed by atoms with Crippen LogP contribution in [0.1, 0.15) is 31.4 Å². The Morgan fingerprint density at radius 3 is 1.35 bits per heavy atom. The fourth-order valence-electron chi connectivity index (χ4n) is 13.2. The van der Waals surface area contributed by atoms with Crippen LogP contribution >= 0.6 is 11.3 Å². The normalized spacial score (nSPS) is 14.6. The Hall–Kier alpha value is -13.0. The van der Waals surface area contributed by atoms with Crippen molar-refractivity contribution in [1.82, 2.24) is 122 Å². The lowest BCUT2D eigenvalue weighted by Gasteiger charge is -2.33. The quantitative estimate of drug-likeness (QED) is 0.0465. The van der Waals surface area contributed by atoms with Gasteiger partial charge in [-0.1, -0.05) is 12.1 Å². The van der Waals surface area contributed by atoms with Crippen molar-refractivity contribution in [2.75, 3.05) is 85.6 Å². The Bertz CT molecular complexity index is 5740. The smallest absolute Gasteiger partial charge is 0.188 e. The topological polar surface area (TPSA) is 315 Å². The molecule has 6 N–H and O–H groups in total. The van der Waals surface area contributed by atoms with E-state index in [4.69, 9.17) is 9.47 Å². The molecule has 1 unspecified atom stereocenters. The number of nitrogens with zero attached hydrogens (tertiary/aromatic N) is 24. The number of fused-ring (bicyclic) bond motifs is 4. The van der Waals surface area contributed by atoms with Gasteiger partial charge in [0.2, 0.25) is 0 Å². The molecule has 2 aromatic carbocycles. The van der Waals surface area contributed by atoms with Crippen molar-refractivity contribution in [3.63, 3.8) is 0 Å². The van der Waals surface area contributed by atoms with Gasteiger partial charge in [0.05, 0.1) is 78.0 Å². The van der Waals surface area contributed by atoms with Crippen LogP contribution in [0.2, 0.25) is 0 Å². The zero-order chi connectivity index (χ0) is 74.2. The average Bonchev–Trinajstić information content (AvgIpc) is 1.67. The molecule has 3 aliphatic rings. The van der Waals surface area contributed by atoms with Crippen molar-refractivity contribution in [2.45, 2.75) is 44.8 Å². The number of nitrogens with one attached hydrogen (secondary N) is 6. The number of imidazole rings is 4. The lowest BCUT2D eigenvalue weighted by Crippen LogP contribution is -2.44. The SMILES string of the molecule is CN1CCN(c2cc(Nc3nccn4c(-c5cnn(C)c5)cnc34)ccn2)CC1.Cc1csc(Nc2nccn3c(-c4cnn(C)c4)cnc23)n1.Cn1cc(-c2cnc3c(Nc4cccc(OC5CCNCC5)c4)nccn23)cn1.Cn1cc(-c2cnc3c(Nc4cccc(OCC5CCCN5)c4)nccn23)cn1. The number of benzene rings is 2. The Morgan fingerprint density at radius 2 is 0.917 bits per heavy atom. The van der Waals surface area contributed by atoms with Gasteiger partial charge in [-0.05, 0) is 89.6 Å². The maximum atomic E-state index is 6.15. The molecule has 1 atom stereocenters. The Balaban J connectivity index is 0.000000111. The summed E-state index contributed by atoms with van der Waals surface area (Å²) in [6.07, 6.45) is 43.8. The van der Waals surface area contributed by atoms with E-state index >= 15 is 0 Å². The summed E-state index contributed by atoms with van der Waals surface area (Å²) in [7, 11) is 9.76. The first-order valence-corrected chi connectivity index (χ1v) is 36.9. The summed E-state index contributed by atoms with van der Waals surface area (Å²) in [6, 6.07) is 20.4. The van der Waals surface area contributed by atoms with Crippen molar-refractivity contribution in [3.05, 3.63) is 202 Å². The average molecular weight is 1480 g/mol. The highest BCUT2D eigenvalue weighted by molar-refractivity contribution is 7.13. The van der Waals surface area contributed by atoms with Crippen LogP contribution in [0, 0.1) is 6.92 Å². The second kappa shape index (κ2) is 32.0. The molecule has 33 heteroatoms. The monoisotopic (exact) mass is 1480 g/mol. The molecule has 0 aliphatic carbocycles. The molecule has 14 aromatic heterocycles. The maximum Gasteiger partial charge on any atom is 0.188 e. The van der Waals surface area contributed by atoms with Crippen molar-refractivity contribution >= 4 is 85.2 Å². The third-order valence-electron chi connectivity index (χ3n) is 18.8. The number of likely N-dealkylation sites (N-methyl/N-ethyl adjacent to an activating group) is 1. The zero-order valence-corrected chi connectivity index (χ0v) is 61.9. The molecule has 0 amide bonds. The second-order valence-electron chi connectivity index (χ2n) is 26.8. The molecule has 554 valence electrons. The first kappa shape index (κ1) is 70.3. The number of anilines is 9. The van der Waals surface area contributed by atoms with Gasteiger partial charge in [-0.3, -0.25) is 36.3 Å². The lowest BCUT2D eigenvalue weighted by atomic mass is 10.1. The van der Waals surface area contributed by atoms with Gasteiger partial charge in [0.25, 0.3) is 0 Å². The number of hydrogen-bond acceptors (Lipinski definition) is 25. The number of thiazole rings is 1. The fourth-order valence-corrected chi connectivity index (χ4v) is 13.9. The maximum absolute atomic E-state index is 6.15. The fraction of sp³-hybridized carbons (Fsp3) is 0.263. The minimum Gasteiger partial charge on any atom is -0.492 e. The Kier molecular flexibility index (Phi) is 20.6. The van der Waals surface area contributed by atoms with E-state index in [-0.39, 0.29) is 6.10 Å². The number of rotatable bonds is 18. The molecule has 0 spiro atoms. The van der Waals surface area contributed by atoms with Crippen LogP contribution in [0.5, 0.6) is 11.5 Å². The molecule has 109 heavy (non-hydrogen) atoms. The number of aromatic nitrogens is 22. The van der Waals surface area contributed by atoms with Gasteiger partial charge in [0.15, 0.2) is 51.0 Å². The van der Waals surface area contributed by atoms with Gasteiger partial charge in [-0.25, -0.2) is 49.8 Å². The summed E-state index contributed by atoms with van der Waals surface area (Å²) in [5.74, 6) is 5.47. The van der Waals surface area contributed by atoms with Gasteiger partial charge in [-0.2, -0.15) is 20.4 Å². The molecule has 0 radical (unpaired) electrons. The van der Waals surface area contributed by atoms with Crippen LogP contribution in [0.3, 0.4) is 0 Å². The molecule has 17 heterocycles. The number of ether oxygens (including phenoxy) is 2. The number of pyridine rings is 1. The summed E-state index contributed by atoms with van der Waals surface area (Å²) >= 11 is 1.55. The predicted molar refractivity (Wildman–Crippen MR) is 421 cm³/mol. The van der Waals surface area contributed by atoms with E-state index in [1.165, 1.54) is 12.8 Å². The van der Waals surface area contributed by atoms with Crippen LogP contribution in [-0.4, -0.2) is 183 Å². The summed E-state index contributed by atoms with van der Waals surface area (Å²) < 4.78 is 27.3. The predicted octanol–water partition coefficient (Wildman–Crippen LogP) is 10.7. The van der Waals surface area contributed by atoms with Crippen LogP contribution in [0.25, 0.3) is 67.6 Å². The first-order valence-electron chi connectivity index (χ1n) is 36.0. The highest BCUT2D eigenvalue weighted by Gasteiger charge is 2.22. The summed E-state index contributed by atoms with van der Waals surface area (Å²) in [6.45, 7) is 9.80. The minimum atomic E-state index is 0.266. The van der Waals surface area contributed by atoms with E-state index in [0.717, 1.165) is 171 Å². The molecule has 0 saturated carbocycles. The summed E-state index contributed by atoms with van der Waals surface area (Å²) in [4.78, 5) is 49.7. The molecule has 16 aromatic rings. The van der Waals surface area contributed by atoms with Gasteiger partial charge in [0.1, 0.15) is 30.0 Å². The van der Waals surface area contributed by atoms with E-state index in [1.807, 2.05) is 218 Å². The molecule has 0 bridgehead atoms. The number of piperidine rings is 1. The number of piperazine rings is 1. The van der Waals surface area contributed by atoms with E-state index in [2.05, 4.69) is 125 Å². The van der Waals surface area contributed by atoms with Crippen LogP contribution in [-0.2, 0) is 28.2 Å². The second-order valence-corrected chi connectivity index (χ2v) is 27.6. The number of hydrogen-bond donors (Lipinski definition) is 6. The molecular weight excluding hydrogens is 1400 g/mol. The largest absolute Gasteiger partial charge is 0.492 e. The minimum absolute atomic E-state index is 0.266. The third kappa shape index (κ3) is 16.4. The Morgan fingerprint density at radius 1 is 0.468 bits per heavy atom. The standard InChI is InChI=1S/2C21H23N7O.C20H23N9.C14H13N7S/c1-27-13-15(11-25-27)19-12-24-21-20(23-8-9-28(19)21)26-16-4-2-6-18(10-16)29-14-17-5-3-7-22-17;1-27-14-15(12-25-27)19-13-24-21-20(23-9-10-28(19)21)26-16-3-2-4-18(11-16)29-17-5-7-22-8-6-17;1-26-7-9-28(10-8-26)18-11-16(3-4-21-18)25-19-20-23-13-17(29(20)6-5-22-19)15-12-24-27(2)14-15;1-9-8-22-14(18-9)19-12-13-16-6-11(21(13)4-3-15-12)10-5-17-20(2)7-10/h2,4,6,8-13,17,22H,3,5,7,14H2,1H3,(H,23,26);2-4,9-14,17,22H,5-8H2,1H3,(H,23,26);3-6,11-14H,7-10H2,1-2H3,(H,21,22,25);3-8H,1-2H3,(H,15,18,19). The first-order chi connectivity index (χ1) is 53.4. The van der Waals surface area contributed by atoms with Crippen molar-refractivity contribution in [1.29, 1.82) is 0 Å². The van der Waals surface area contributed by atoms with Crippen LogP contribution in [0.4, 0.5) is 51.3 Å². The molecule has 19 rings (SSSR count). The van der Waals surface area contributed by atoms with Gasteiger partial charge < -0.3 is 51.2 Å². The molecule has 32 nitrogen and oxygen atoms in total. The molecular formula is C76H82N30O2S. The molecule has 3 fully saturated rings. The molecule has 3 saturated heterocycles. The van der Waals surface area contributed by atoms with Gasteiger partial charge in [-0.15, -0.1) is 11.3 Å². The highest BCUT2D eigenvalue weighted by atomic mass is 32.1. The van der Waals surface area contributed by atoms with Crippen molar-refractivity contribution in [3.8, 4) is 56.5 Å². The number of aryl methyl sites for hydroxylation is 5. The van der Waals surface area contributed by atoms with Crippen LogP contribution < -0.4 is 46.3 Å². The van der Waals surface area contributed by atoms with E-state index in [9.17, 15) is 0 Å². The highest BCUT2D eigenvalue weighted by Crippen LogP contribution is 2.33.